The van der Waals surface area contributed by atoms with E-state index in [2.05, 4.69) is 36.6 Å². The minimum absolute atomic E-state index is 0.172. The zero-order valence-corrected chi connectivity index (χ0v) is 21.6. The maximum Gasteiger partial charge on any atom is 0.278 e. The van der Waals surface area contributed by atoms with Gasteiger partial charge in [-0.1, -0.05) is 22.9 Å². The van der Waals surface area contributed by atoms with Crippen molar-refractivity contribution >= 4 is 27.5 Å². The molecule has 34 heavy (non-hydrogen) atoms. The number of halogens is 1. The summed E-state index contributed by atoms with van der Waals surface area (Å²) < 4.78 is 15.8. The Labute approximate surface area is 206 Å². The van der Waals surface area contributed by atoms with Crippen LogP contribution in [0.3, 0.4) is 0 Å². The van der Waals surface area contributed by atoms with Crippen LogP contribution in [0.5, 0.6) is 5.75 Å². The lowest BCUT2D eigenvalue weighted by Gasteiger charge is -2.09. The van der Waals surface area contributed by atoms with Crippen LogP contribution in [0.15, 0.2) is 33.3 Å². The molecular formula is C24H27BrN6O3. The maximum absolute atomic E-state index is 13.1. The highest BCUT2D eigenvalue weighted by atomic mass is 79.9. The largest absolute Gasteiger partial charge is 0.489 e. The Hall–Kier alpha value is -3.40. The van der Waals surface area contributed by atoms with Crippen LogP contribution in [0, 0.1) is 41.5 Å². The highest BCUT2D eigenvalue weighted by molar-refractivity contribution is 9.10. The number of aromatic nitrogens is 5. The predicted molar refractivity (Wildman–Crippen MR) is 131 cm³/mol. The van der Waals surface area contributed by atoms with Gasteiger partial charge in [-0.3, -0.25) is 4.79 Å². The van der Waals surface area contributed by atoms with Gasteiger partial charge in [-0.05, 0) is 69.6 Å². The molecule has 0 saturated carbocycles. The molecular weight excluding hydrogens is 500 g/mol. The lowest BCUT2D eigenvalue weighted by atomic mass is 10.2. The molecule has 1 aromatic carbocycles. The van der Waals surface area contributed by atoms with Gasteiger partial charge in [0.25, 0.3) is 5.91 Å². The van der Waals surface area contributed by atoms with Gasteiger partial charge in [0, 0.05) is 0 Å². The predicted octanol–water partition coefficient (Wildman–Crippen LogP) is 5.02. The van der Waals surface area contributed by atoms with Crippen LogP contribution in [0.1, 0.15) is 50.2 Å². The molecule has 3 heterocycles. The first kappa shape index (κ1) is 23.7. The molecule has 0 aliphatic rings. The van der Waals surface area contributed by atoms with Gasteiger partial charge >= 0.3 is 0 Å². The Bertz CT molecular complexity index is 1350. The number of nitrogens with zero attached hydrogens (tertiary/aromatic N) is 5. The van der Waals surface area contributed by atoms with E-state index in [1.165, 1.54) is 0 Å². The summed E-state index contributed by atoms with van der Waals surface area (Å²) in [4.78, 5) is 13.1. The van der Waals surface area contributed by atoms with Crippen LogP contribution in [-0.2, 0) is 13.3 Å². The van der Waals surface area contributed by atoms with Crippen LogP contribution in [-0.4, -0.2) is 30.6 Å². The highest BCUT2D eigenvalue weighted by Gasteiger charge is 2.23. The number of carbonyl (C=O) groups excluding carboxylic acids is 1. The second kappa shape index (κ2) is 9.46. The molecule has 9 nitrogen and oxygen atoms in total. The smallest absolute Gasteiger partial charge is 0.278 e. The first-order chi connectivity index (χ1) is 16.2. The fourth-order valence-electron chi connectivity index (χ4n) is 3.66. The van der Waals surface area contributed by atoms with Crippen LogP contribution in [0.25, 0.3) is 0 Å². The van der Waals surface area contributed by atoms with Gasteiger partial charge in [-0.25, -0.2) is 9.36 Å². The Morgan fingerprint density at radius 1 is 1.00 bits per heavy atom. The van der Waals surface area contributed by atoms with Crippen LogP contribution in [0.2, 0.25) is 0 Å². The molecule has 4 rings (SSSR count). The minimum atomic E-state index is -0.376. The molecule has 0 unspecified atom stereocenters. The SMILES string of the molecule is Cc1ccc(OCc2c(C(=O)Nc3c(C)nn(Cn4nc(C)c(Br)c4C)c3C)noc2C)cc1. The van der Waals surface area contributed by atoms with E-state index in [1.807, 2.05) is 68.2 Å². The average Bonchev–Trinajstić information content (AvgIpc) is 3.39. The number of rotatable bonds is 7. The normalized spacial score (nSPS) is 11.1. The lowest BCUT2D eigenvalue weighted by molar-refractivity contribution is 0.101. The number of aryl methyl sites for hydroxylation is 4. The molecule has 0 bridgehead atoms. The first-order valence-electron chi connectivity index (χ1n) is 10.8. The lowest BCUT2D eigenvalue weighted by Crippen LogP contribution is -2.17. The van der Waals surface area contributed by atoms with Gasteiger partial charge in [0.1, 0.15) is 24.8 Å². The average molecular weight is 527 g/mol. The molecule has 0 atom stereocenters. The zero-order chi connectivity index (χ0) is 24.6. The number of hydrogen-bond donors (Lipinski definition) is 1. The van der Waals surface area contributed by atoms with Crippen molar-refractivity contribution in [2.24, 2.45) is 0 Å². The van der Waals surface area contributed by atoms with Crippen molar-refractivity contribution in [3.8, 4) is 5.75 Å². The first-order valence-corrected chi connectivity index (χ1v) is 11.6. The Kier molecular flexibility index (Phi) is 6.60. The van der Waals surface area contributed by atoms with Crippen molar-refractivity contribution in [3.63, 3.8) is 0 Å². The molecule has 1 amide bonds. The van der Waals surface area contributed by atoms with E-state index in [9.17, 15) is 4.79 Å². The van der Waals surface area contributed by atoms with E-state index in [0.717, 1.165) is 27.1 Å². The van der Waals surface area contributed by atoms with Gasteiger partial charge in [0.2, 0.25) is 0 Å². The van der Waals surface area contributed by atoms with Crippen molar-refractivity contribution in [2.75, 3.05) is 5.32 Å². The van der Waals surface area contributed by atoms with E-state index < -0.39 is 0 Å². The summed E-state index contributed by atoms with van der Waals surface area (Å²) in [6, 6.07) is 7.72. The monoisotopic (exact) mass is 526 g/mol. The Morgan fingerprint density at radius 2 is 1.65 bits per heavy atom. The molecule has 4 aromatic rings. The number of benzene rings is 1. The second-order valence-electron chi connectivity index (χ2n) is 8.29. The quantitative estimate of drug-likeness (QED) is 0.363. The van der Waals surface area contributed by atoms with Gasteiger partial charge in [0.15, 0.2) is 5.69 Å². The van der Waals surface area contributed by atoms with E-state index in [0.29, 0.717) is 35.1 Å². The molecule has 0 aliphatic heterocycles. The molecule has 0 saturated heterocycles. The molecule has 0 spiro atoms. The third-order valence-corrected chi connectivity index (χ3v) is 6.93. The summed E-state index contributed by atoms with van der Waals surface area (Å²) in [6.45, 7) is 12.1. The second-order valence-corrected chi connectivity index (χ2v) is 9.09. The van der Waals surface area contributed by atoms with Gasteiger partial charge in [-0.15, -0.1) is 0 Å². The number of anilines is 1. The van der Waals surface area contributed by atoms with Crippen molar-refractivity contribution in [2.45, 2.75) is 54.8 Å². The zero-order valence-electron chi connectivity index (χ0n) is 20.1. The Morgan fingerprint density at radius 3 is 2.29 bits per heavy atom. The molecule has 178 valence electrons. The van der Waals surface area contributed by atoms with Gasteiger partial charge in [-0.2, -0.15) is 10.2 Å². The standard InChI is InChI=1S/C24H27BrN6O3/c1-13-7-9-19(10-8-13)33-11-20-18(6)34-29-23(20)24(32)26-22-15(3)28-31(17(22)5)12-30-16(4)21(25)14(2)27-30/h7-10H,11-12H2,1-6H3,(H,26,32). The summed E-state index contributed by atoms with van der Waals surface area (Å²) in [7, 11) is 0. The summed E-state index contributed by atoms with van der Waals surface area (Å²) in [5.74, 6) is 0.872. The topological polar surface area (TPSA) is 100 Å². The fourth-order valence-corrected chi connectivity index (χ4v) is 3.94. The molecule has 0 radical (unpaired) electrons. The number of ether oxygens (including phenoxy) is 1. The summed E-state index contributed by atoms with van der Waals surface area (Å²) >= 11 is 3.55. The number of carbonyl (C=O) groups is 1. The van der Waals surface area contributed by atoms with Crippen LogP contribution < -0.4 is 10.1 Å². The third-order valence-electron chi connectivity index (χ3n) is 5.79. The highest BCUT2D eigenvalue weighted by Crippen LogP contribution is 2.24. The molecule has 0 fully saturated rings. The molecule has 3 aromatic heterocycles. The summed E-state index contributed by atoms with van der Waals surface area (Å²) in [6.07, 6.45) is 0. The number of nitrogens with one attached hydrogen (secondary N) is 1. The summed E-state index contributed by atoms with van der Waals surface area (Å²) in [5, 5.41) is 16.1. The molecule has 0 aliphatic carbocycles. The minimum Gasteiger partial charge on any atom is -0.489 e. The van der Waals surface area contributed by atoms with E-state index in [4.69, 9.17) is 9.26 Å². The van der Waals surface area contributed by atoms with Gasteiger partial charge < -0.3 is 14.6 Å². The third kappa shape index (κ3) is 4.63. The van der Waals surface area contributed by atoms with Crippen molar-refractivity contribution in [1.29, 1.82) is 0 Å². The van der Waals surface area contributed by atoms with E-state index >= 15 is 0 Å². The van der Waals surface area contributed by atoms with Crippen molar-refractivity contribution < 1.29 is 14.1 Å². The van der Waals surface area contributed by atoms with Crippen molar-refractivity contribution in [1.82, 2.24) is 24.7 Å². The summed E-state index contributed by atoms with van der Waals surface area (Å²) in [5.41, 5.74) is 6.01. The van der Waals surface area contributed by atoms with E-state index in [-0.39, 0.29) is 18.2 Å². The van der Waals surface area contributed by atoms with Crippen LogP contribution >= 0.6 is 15.9 Å². The van der Waals surface area contributed by atoms with Gasteiger partial charge in [0.05, 0.1) is 38.5 Å². The maximum atomic E-state index is 13.1. The molecule has 10 heteroatoms. The Balaban J connectivity index is 1.52. The van der Waals surface area contributed by atoms with E-state index in [1.54, 1.807) is 6.92 Å². The van der Waals surface area contributed by atoms with Crippen LogP contribution in [0.4, 0.5) is 5.69 Å². The fraction of sp³-hybridized carbons (Fsp3) is 0.333. The van der Waals surface area contributed by atoms with Crippen molar-refractivity contribution in [3.05, 3.63) is 74.1 Å². The molecule has 1 N–H and O–H groups in total. The number of hydrogen-bond acceptors (Lipinski definition) is 6. The number of amides is 1.